The molecule has 7 heteroatoms. The molecule has 0 fully saturated rings. The van der Waals surface area contributed by atoms with E-state index in [1.807, 2.05) is 43.3 Å². The first-order valence-electron chi connectivity index (χ1n) is 11.5. The quantitative estimate of drug-likeness (QED) is 0.300. The Morgan fingerprint density at radius 3 is 2.71 bits per heavy atom. The number of aryl methyl sites for hydroxylation is 1. The van der Waals surface area contributed by atoms with E-state index in [0.29, 0.717) is 35.3 Å². The van der Waals surface area contributed by atoms with Gasteiger partial charge in [0.2, 0.25) is 5.91 Å². The van der Waals surface area contributed by atoms with Crippen LogP contribution in [0.4, 0.5) is 11.4 Å². The van der Waals surface area contributed by atoms with Gasteiger partial charge < -0.3 is 19.7 Å². The van der Waals surface area contributed by atoms with Crippen LogP contribution >= 0.6 is 11.6 Å². The number of halogens is 1. The average molecular weight is 491 g/mol. The SMILES string of the molecule is Cc1ccccc1OCCCCN1C(=O)COc2ccc(NC(=O)/C=C/c3ccc(Cl)cc3)cc21. The van der Waals surface area contributed by atoms with Crippen LogP contribution in [0, 0.1) is 6.92 Å². The van der Waals surface area contributed by atoms with E-state index in [9.17, 15) is 9.59 Å². The monoisotopic (exact) mass is 490 g/mol. The number of nitrogens with zero attached hydrogens (tertiary/aromatic N) is 1. The number of anilines is 2. The lowest BCUT2D eigenvalue weighted by Crippen LogP contribution is -2.39. The number of carbonyl (C=O) groups is 2. The third-order valence-electron chi connectivity index (χ3n) is 5.59. The van der Waals surface area contributed by atoms with Gasteiger partial charge in [0.1, 0.15) is 11.5 Å². The number of carbonyl (C=O) groups excluding carboxylic acids is 2. The first-order chi connectivity index (χ1) is 17.0. The molecule has 0 aromatic heterocycles. The molecule has 6 nitrogen and oxygen atoms in total. The standard InChI is InChI=1S/C28H27ClN2O4/c1-20-6-2-3-7-25(20)34-17-5-4-16-31-24-18-23(13-14-26(24)35-19-28(31)33)30-27(32)15-10-21-8-11-22(29)12-9-21/h2-3,6-15,18H,4-5,16-17,19H2,1H3,(H,30,32)/b15-10+. The molecule has 1 heterocycles. The smallest absolute Gasteiger partial charge is 0.265 e. The van der Waals surface area contributed by atoms with Crippen molar-refractivity contribution in [2.45, 2.75) is 19.8 Å². The first-order valence-corrected chi connectivity index (χ1v) is 11.9. The van der Waals surface area contributed by atoms with Crippen LogP contribution in [0.5, 0.6) is 11.5 Å². The van der Waals surface area contributed by atoms with Crippen molar-refractivity contribution < 1.29 is 19.1 Å². The van der Waals surface area contributed by atoms with E-state index in [-0.39, 0.29) is 18.4 Å². The number of benzene rings is 3. The van der Waals surface area contributed by atoms with Crippen molar-refractivity contribution in [2.24, 2.45) is 0 Å². The van der Waals surface area contributed by atoms with Gasteiger partial charge in [0, 0.05) is 23.3 Å². The number of fused-ring (bicyclic) bond motifs is 1. The van der Waals surface area contributed by atoms with Crippen molar-refractivity contribution >= 4 is 40.9 Å². The molecule has 0 bridgehead atoms. The summed E-state index contributed by atoms with van der Waals surface area (Å²) < 4.78 is 11.4. The van der Waals surface area contributed by atoms with Crippen LogP contribution in [0.3, 0.4) is 0 Å². The minimum Gasteiger partial charge on any atom is -0.493 e. The fourth-order valence-electron chi connectivity index (χ4n) is 3.73. The van der Waals surface area contributed by atoms with Crippen LogP contribution in [0.1, 0.15) is 24.0 Å². The van der Waals surface area contributed by atoms with E-state index in [0.717, 1.165) is 29.7 Å². The van der Waals surface area contributed by atoms with E-state index in [1.54, 1.807) is 41.3 Å². The molecular weight excluding hydrogens is 464 g/mol. The molecule has 4 rings (SSSR count). The van der Waals surface area contributed by atoms with Gasteiger partial charge in [-0.1, -0.05) is 41.9 Å². The van der Waals surface area contributed by atoms with Crippen molar-refractivity contribution in [2.75, 3.05) is 30.0 Å². The molecule has 3 aromatic carbocycles. The van der Waals surface area contributed by atoms with Crippen LogP contribution in [0.15, 0.2) is 72.8 Å². The van der Waals surface area contributed by atoms with E-state index in [2.05, 4.69) is 5.32 Å². The van der Waals surface area contributed by atoms with E-state index in [1.165, 1.54) is 6.08 Å². The molecule has 0 aliphatic carbocycles. The Balaban J connectivity index is 1.34. The number of hydrogen-bond acceptors (Lipinski definition) is 4. The van der Waals surface area contributed by atoms with Crippen molar-refractivity contribution in [1.29, 1.82) is 0 Å². The molecule has 1 aliphatic rings. The normalized spacial score (nSPS) is 12.9. The molecule has 1 aliphatic heterocycles. The molecule has 0 saturated carbocycles. The van der Waals surface area contributed by atoms with E-state index >= 15 is 0 Å². The van der Waals surface area contributed by atoms with Crippen molar-refractivity contribution in [3.05, 3.63) is 89.0 Å². The second kappa shape index (κ2) is 11.6. The molecule has 0 unspecified atom stereocenters. The summed E-state index contributed by atoms with van der Waals surface area (Å²) in [5.41, 5.74) is 3.20. The highest BCUT2D eigenvalue weighted by atomic mass is 35.5. The maximum Gasteiger partial charge on any atom is 0.265 e. The largest absolute Gasteiger partial charge is 0.493 e. The molecule has 1 N–H and O–H groups in total. The zero-order chi connectivity index (χ0) is 24.6. The van der Waals surface area contributed by atoms with Crippen molar-refractivity contribution in [3.8, 4) is 11.5 Å². The highest BCUT2D eigenvalue weighted by Crippen LogP contribution is 2.35. The molecule has 35 heavy (non-hydrogen) atoms. The van der Waals surface area contributed by atoms with Gasteiger partial charge in [-0.2, -0.15) is 0 Å². The Bertz CT molecular complexity index is 1220. The van der Waals surface area contributed by atoms with Crippen LogP contribution in [-0.4, -0.2) is 31.6 Å². The second-order valence-corrected chi connectivity index (χ2v) is 8.65. The Labute approximate surface area is 210 Å². The highest BCUT2D eigenvalue weighted by molar-refractivity contribution is 6.30. The summed E-state index contributed by atoms with van der Waals surface area (Å²) in [6.07, 6.45) is 4.75. The summed E-state index contributed by atoms with van der Waals surface area (Å²) in [5, 5.41) is 3.48. The number of para-hydroxylation sites is 1. The highest BCUT2D eigenvalue weighted by Gasteiger charge is 2.25. The van der Waals surface area contributed by atoms with Gasteiger partial charge >= 0.3 is 0 Å². The van der Waals surface area contributed by atoms with Crippen LogP contribution in [0.25, 0.3) is 6.08 Å². The molecular formula is C28H27ClN2O4. The maximum atomic E-state index is 12.6. The second-order valence-electron chi connectivity index (χ2n) is 8.21. The molecule has 0 spiro atoms. The van der Waals surface area contributed by atoms with Gasteiger partial charge in [-0.15, -0.1) is 0 Å². The summed E-state index contributed by atoms with van der Waals surface area (Å²) in [7, 11) is 0. The summed E-state index contributed by atoms with van der Waals surface area (Å²) in [5.74, 6) is 1.12. The topological polar surface area (TPSA) is 67.9 Å². The van der Waals surface area contributed by atoms with Gasteiger partial charge in [0.25, 0.3) is 5.91 Å². The number of rotatable bonds is 9. The zero-order valence-electron chi connectivity index (χ0n) is 19.5. The van der Waals surface area contributed by atoms with Gasteiger partial charge in [-0.3, -0.25) is 9.59 Å². The lowest BCUT2D eigenvalue weighted by Gasteiger charge is -2.30. The molecule has 0 atom stereocenters. The molecule has 0 saturated heterocycles. The summed E-state index contributed by atoms with van der Waals surface area (Å²) >= 11 is 5.89. The third kappa shape index (κ3) is 6.64. The Morgan fingerprint density at radius 1 is 1.11 bits per heavy atom. The van der Waals surface area contributed by atoms with Crippen LogP contribution in [0.2, 0.25) is 5.02 Å². The molecule has 0 radical (unpaired) electrons. The molecule has 3 aromatic rings. The lowest BCUT2D eigenvalue weighted by molar-refractivity contribution is -0.121. The minimum absolute atomic E-state index is 0.00223. The Kier molecular flexibility index (Phi) is 8.06. The van der Waals surface area contributed by atoms with Gasteiger partial charge in [0.05, 0.1) is 12.3 Å². The fraction of sp³-hybridized carbons (Fsp3) is 0.214. The number of ether oxygens (including phenoxy) is 2. The van der Waals surface area contributed by atoms with E-state index in [4.69, 9.17) is 21.1 Å². The van der Waals surface area contributed by atoms with Crippen LogP contribution < -0.4 is 19.7 Å². The zero-order valence-corrected chi connectivity index (χ0v) is 20.3. The van der Waals surface area contributed by atoms with E-state index < -0.39 is 0 Å². The predicted molar refractivity (Wildman–Crippen MR) is 139 cm³/mol. The van der Waals surface area contributed by atoms with Gasteiger partial charge in [0.15, 0.2) is 6.61 Å². The van der Waals surface area contributed by atoms with Crippen LogP contribution in [-0.2, 0) is 9.59 Å². The van der Waals surface area contributed by atoms with Gasteiger partial charge in [-0.25, -0.2) is 0 Å². The summed E-state index contributed by atoms with van der Waals surface area (Å²) in [6, 6.07) is 20.4. The summed E-state index contributed by atoms with van der Waals surface area (Å²) in [6.45, 7) is 3.14. The van der Waals surface area contributed by atoms with Gasteiger partial charge in [-0.05, 0) is 73.4 Å². The molecule has 2 amide bonds. The number of hydrogen-bond donors (Lipinski definition) is 1. The van der Waals surface area contributed by atoms with Crippen molar-refractivity contribution in [1.82, 2.24) is 0 Å². The predicted octanol–water partition coefficient (Wildman–Crippen LogP) is 5.88. The molecule has 180 valence electrons. The number of nitrogens with one attached hydrogen (secondary N) is 1. The third-order valence-corrected chi connectivity index (χ3v) is 5.85. The Morgan fingerprint density at radius 2 is 1.91 bits per heavy atom. The maximum absolute atomic E-state index is 12.6. The Hall–Kier alpha value is -3.77. The lowest BCUT2D eigenvalue weighted by atomic mass is 10.2. The first kappa shape index (κ1) is 24.4. The number of amides is 2. The summed E-state index contributed by atoms with van der Waals surface area (Å²) in [4.78, 5) is 26.7. The fourth-order valence-corrected chi connectivity index (χ4v) is 3.85. The number of unbranched alkanes of at least 4 members (excludes halogenated alkanes) is 1. The minimum atomic E-state index is -0.275. The van der Waals surface area contributed by atoms with Crippen molar-refractivity contribution in [3.63, 3.8) is 0 Å². The average Bonchev–Trinajstić information content (AvgIpc) is 2.86.